The number of aryl methyl sites for hydroxylation is 3. The highest BCUT2D eigenvalue weighted by Gasteiger charge is 2.29. The largest absolute Gasteiger partial charge is 0.480 e. The molecule has 1 aromatic carbocycles. The van der Waals surface area contributed by atoms with Crippen molar-refractivity contribution in [2.75, 3.05) is 31.6 Å². The molecule has 2 aromatic rings. The number of sulfonamides is 1. The maximum Gasteiger partial charge on any atom is 0.323 e. The zero-order valence-corrected chi connectivity index (χ0v) is 21.4. The lowest BCUT2D eigenvalue weighted by Crippen LogP contribution is -2.49. The first-order valence-corrected chi connectivity index (χ1v) is 13.1. The molecule has 3 rings (SSSR count). The third-order valence-electron chi connectivity index (χ3n) is 5.80. The molecule has 5 N–H and O–H groups in total. The number of carboxylic acids is 1. The van der Waals surface area contributed by atoms with Gasteiger partial charge in [-0.3, -0.25) is 9.59 Å². The SMILES string of the molecule is Cc1cc(C)c(S(=O)(=O)N[C@@H](CNC(=O)CO[C@H]2CN[C@H](CNc3ccccn3)C2)C(=O)O)c(C)c1. The highest BCUT2D eigenvalue weighted by atomic mass is 32.2. The van der Waals surface area contributed by atoms with Gasteiger partial charge in [0.15, 0.2) is 0 Å². The van der Waals surface area contributed by atoms with E-state index in [1.807, 2.05) is 25.1 Å². The number of ether oxygens (including phenoxy) is 1. The van der Waals surface area contributed by atoms with E-state index in [1.165, 1.54) is 0 Å². The van der Waals surface area contributed by atoms with Gasteiger partial charge >= 0.3 is 5.97 Å². The molecule has 1 aliphatic heterocycles. The molecule has 1 aromatic heterocycles. The molecule has 196 valence electrons. The van der Waals surface area contributed by atoms with E-state index < -0.39 is 34.5 Å². The molecule has 1 amide bonds. The molecular formula is C24H33N5O6S. The molecule has 1 saturated heterocycles. The van der Waals surface area contributed by atoms with Gasteiger partial charge in [0.05, 0.1) is 11.0 Å². The van der Waals surface area contributed by atoms with Crippen molar-refractivity contribution in [3.63, 3.8) is 0 Å². The molecular weight excluding hydrogens is 486 g/mol. The maximum atomic E-state index is 12.9. The van der Waals surface area contributed by atoms with Crippen LogP contribution in [-0.2, 0) is 24.3 Å². The van der Waals surface area contributed by atoms with Crippen molar-refractivity contribution in [3.8, 4) is 0 Å². The molecule has 0 radical (unpaired) electrons. The third-order valence-corrected chi connectivity index (χ3v) is 7.57. The van der Waals surface area contributed by atoms with Crippen molar-refractivity contribution >= 4 is 27.7 Å². The number of rotatable bonds is 12. The molecule has 11 nitrogen and oxygen atoms in total. The molecule has 0 spiro atoms. The molecule has 1 aliphatic rings. The number of carbonyl (C=O) groups excluding carboxylic acids is 1. The molecule has 2 heterocycles. The molecule has 0 unspecified atom stereocenters. The summed E-state index contributed by atoms with van der Waals surface area (Å²) in [6.45, 7) is 5.71. The summed E-state index contributed by atoms with van der Waals surface area (Å²) in [5, 5.41) is 18.5. The van der Waals surface area contributed by atoms with Crippen molar-refractivity contribution < 1.29 is 27.9 Å². The van der Waals surface area contributed by atoms with Gasteiger partial charge in [-0.05, 0) is 50.5 Å². The van der Waals surface area contributed by atoms with E-state index in [9.17, 15) is 23.1 Å². The molecule has 0 bridgehead atoms. The van der Waals surface area contributed by atoms with Crippen molar-refractivity contribution in [1.29, 1.82) is 0 Å². The van der Waals surface area contributed by atoms with Crippen molar-refractivity contribution in [2.45, 2.75) is 50.3 Å². The van der Waals surface area contributed by atoms with Gasteiger partial charge < -0.3 is 25.8 Å². The number of nitrogens with zero attached hydrogens (tertiary/aromatic N) is 1. The van der Waals surface area contributed by atoms with Crippen LogP contribution >= 0.6 is 0 Å². The first kappa shape index (κ1) is 27.5. The van der Waals surface area contributed by atoms with Crippen molar-refractivity contribution in [3.05, 3.63) is 53.2 Å². The van der Waals surface area contributed by atoms with Crippen LogP contribution in [0, 0.1) is 20.8 Å². The number of carbonyl (C=O) groups is 2. The summed E-state index contributed by atoms with van der Waals surface area (Å²) in [5.41, 5.74) is 1.93. The minimum Gasteiger partial charge on any atom is -0.480 e. The number of hydrogen-bond acceptors (Lipinski definition) is 8. The number of amides is 1. The Labute approximate surface area is 211 Å². The van der Waals surface area contributed by atoms with Crippen LogP contribution in [0.1, 0.15) is 23.1 Å². The third kappa shape index (κ3) is 7.72. The molecule has 0 saturated carbocycles. The predicted octanol–water partition coefficient (Wildman–Crippen LogP) is 0.714. The first-order chi connectivity index (χ1) is 17.0. The number of carboxylic acid groups (broad SMARTS) is 1. The Kier molecular flexibility index (Phi) is 9.37. The predicted molar refractivity (Wildman–Crippen MR) is 134 cm³/mol. The van der Waals surface area contributed by atoms with Crippen LogP contribution in [0.3, 0.4) is 0 Å². The van der Waals surface area contributed by atoms with Crippen molar-refractivity contribution in [2.24, 2.45) is 0 Å². The zero-order chi connectivity index (χ0) is 26.3. The fourth-order valence-electron chi connectivity index (χ4n) is 4.24. The Hall–Kier alpha value is -3.06. The van der Waals surface area contributed by atoms with Gasteiger partial charge in [0.25, 0.3) is 0 Å². The van der Waals surface area contributed by atoms with E-state index >= 15 is 0 Å². The van der Waals surface area contributed by atoms with Gasteiger partial charge in [0, 0.05) is 31.9 Å². The normalized spacial score (nSPS) is 18.5. The Morgan fingerprint density at radius 2 is 1.94 bits per heavy atom. The van der Waals surface area contributed by atoms with Crippen LogP contribution in [0.5, 0.6) is 0 Å². The number of nitrogens with one attached hydrogen (secondary N) is 4. The van der Waals surface area contributed by atoms with Crippen molar-refractivity contribution in [1.82, 2.24) is 20.3 Å². The average Bonchev–Trinajstić information content (AvgIpc) is 3.26. The Bertz CT molecular complexity index is 1150. The van der Waals surface area contributed by atoms with Crippen LogP contribution in [0.15, 0.2) is 41.4 Å². The quantitative estimate of drug-likeness (QED) is 0.272. The van der Waals surface area contributed by atoms with Crippen LogP contribution in [0.2, 0.25) is 0 Å². The highest BCUT2D eigenvalue weighted by Crippen LogP contribution is 2.22. The second-order valence-electron chi connectivity index (χ2n) is 8.91. The Morgan fingerprint density at radius 1 is 1.22 bits per heavy atom. The monoisotopic (exact) mass is 519 g/mol. The van der Waals surface area contributed by atoms with Gasteiger partial charge in [-0.2, -0.15) is 4.72 Å². The van der Waals surface area contributed by atoms with Gasteiger partial charge in [-0.25, -0.2) is 13.4 Å². The number of aliphatic carboxylic acids is 1. The molecule has 12 heteroatoms. The van der Waals surface area contributed by atoms with Gasteiger partial charge in [0.2, 0.25) is 15.9 Å². The minimum absolute atomic E-state index is 0.0369. The second-order valence-corrected chi connectivity index (χ2v) is 10.6. The van der Waals surface area contributed by atoms with E-state index in [-0.39, 0.29) is 23.6 Å². The Morgan fingerprint density at radius 3 is 2.58 bits per heavy atom. The average molecular weight is 520 g/mol. The van der Waals surface area contributed by atoms with Crippen LogP contribution in [-0.4, -0.2) is 74.8 Å². The van der Waals surface area contributed by atoms with E-state index in [1.54, 1.807) is 32.2 Å². The van der Waals surface area contributed by atoms with E-state index in [2.05, 4.69) is 25.7 Å². The summed E-state index contributed by atoms with van der Waals surface area (Å²) in [4.78, 5) is 28.2. The molecule has 3 atom stereocenters. The lowest BCUT2D eigenvalue weighted by Gasteiger charge is -2.18. The fourth-order valence-corrected chi connectivity index (χ4v) is 5.88. The minimum atomic E-state index is -4.12. The molecule has 1 fully saturated rings. The van der Waals surface area contributed by atoms with E-state index in [4.69, 9.17) is 4.74 Å². The highest BCUT2D eigenvalue weighted by molar-refractivity contribution is 7.89. The van der Waals surface area contributed by atoms with Gasteiger partial charge in [-0.1, -0.05) is 23.8 Å². The second kappa shape index (κ2) is 12.3. The summed E-state index contributed by atoms with van der Waals surface area (Å²) in [7, 11) is -4.12. The summed E-state index contributed by atoms with van der Waals surface area (Å²) in [6, 6.07) is 7.66. The van der Waals surface area contributed by atoms with Gasteiger partial charge in [0.1, 0.15) is 18.5 Å². The standard InChI is InChI=1S/C24H33N5O6S/c1-15-8-16(2)23(17(3)9-15)36(33,34)29-20(24(31)32)13-28-22(30)14-35-19-10-18(26-12-19)11-27-21-6-4-5-7-25-21/h4-9,18-20,26,29H,10-14H2,1-3H3,(H,25,27)(H,28,30)(H,31,32)/t18-,19+,20-/m0/s1. The number of benzene rings is 1. The maximum absolute atomic E-state index is 12.9. The van der Waals surface area contributed by atoms with Crippen LogP contribution < -0.4 is 20.7 Å². The van der Waals surface area contributed by atoms with E-state index in [0.29, 0.717) is 30.6 Å². The smallest absolute Gasteiger partial charge is 0.323 e. The molecule has 0 aliphatic carbocycles. The van der Waals surface area contributed by atoms with Crippen LogP contribution in [0.4, 0.5) is 5.82 Å². The van der Waals surface area contributed by atoms with E-state index in [0.717, 1.165) is 11.4 Å². The zero-order valence-electron chi connectivity index (χ0n) is 20.6. The lowest BCUT2D eigenvalue weighted by atomic mass is 10.1. The fraction of sp³-hybridized carbons (Fsp3) is 0.458. The number of hydrogen-bond donors (Lipinski definition) is 5. The number of aromatic nitrogens is 1. The summed E-state index contributed by atoms with van der Waals surface area (Å²) < 4.78 is 33.6. The lowest BCUT2D eigenvalue weighted by molar-refractivity contribution is -0.139. The van der Waals surface area contributed by atoms with Gasteiger partial charge in [-0.15, -0.1) is 0 Å². The van der Waals surface area contributed by atoms with Crippen LogP contribution in [0.25, 0.3) is 0 Å². The number of anilines is 1. The Balaban J connectivity index is 1.45. The summed E-state index contributed by atoms with van der Waals surface area (Å²) in [5.74, 6) is -1.15. The summed E-state index contributed by atoms with van der Waals surface area (Å²) in [6.07, 6.45) is 2.23. The first-order valence-electron chi connectivity index (χ1n) is 11.6. The topological polar surface area (TPSA) is 159 Å². The summed E-state index contributed by atoms with van der Waals surface area (Å²) >= 11 is 0. The molecule has 36 heavy (non-hydrogen) atoms. The number of pyridine rings is 1.